The number of hydrogen-bond donors (Lipinski definition) is 1. The third kappa shape index (κ3) is 4.77. The molecule has 9 heteroatoms. The number of carbonyl (C=O) groups is 2. The Morgan fingerprint density at radius 2 is 1.84 bits per heavy atom. The van der Waals surface area contributed by atoms with Crippen molar-refractivity contribution >= 4 is 58.2 Å². The van der Waals surface area contributed by atoms with Crippen molar-refractivity contribution in [3.05, 3.63) is 87.9 Å². The van der Waals surface area contributed by atoms with Crippen molar-refractivity contribution in [2.75, 3.05) is 30.6 Å². The van der Waals surface area contributed by atoms with E-state index < -0.39 is 11.8 Å². The summed E-state index contributed by atoms with van der Waals surface area (Å²) in [5.41, 5.74) is 4.44. The van der Waals surface area contributed by atoms with Crippen molar-refractivity contribution in [3.63, 3.8) is 0 Å². The highest BCUT2D eigenvalue weighted by Crippen LogP contribution is 2.35. The smallest absolute Gasteiger partial charge is 0.270 e. The van der Waals surface area contributed by atoms with E-state index in [4.69, 9.17) is 33.3 Å². The van der Waals surface area contributed by atoms with Crippen molar-refractivity contribution in [2.24, 2.45) is 0 Å². The van der Waals surface area contributed by atoms with Gasteiger partial charge < -0.3 is 14.4 Å². The fourth-order valence-electron chi connectivity index (χ4n) is 4.59. The molecule has 0 aromatic heterocycles. The summed E-state index contributed by atoms with van der Waals surface area (Å²) in [7, 11) is 3.02. The van der Waals surface area contributed by atoms with Crippen LogP contribution in [-0.2, 0) is 22.6 Å². The van der Waals surface area contributed by atoms with Crippen molar-refractivity contribution < 1.29 is 19.1 Å². The van der Waals surface area contributed by atoms with Crippen LogP contribution >= 0.6 is 23.8 Å². The number of anilines is 2. The van der Waals surface area contributed by atoms with E-state index in [1.54, 1.807) is 24.3 Å². The second-order valence-corrected chi connectivity index (χ2v) is 9.44. The summed E-state index contributed by atoms with van der Waals surface area (Å²) in [4.78, 5) is 29.9. The van der Waals surface area contributed by atoms with Crippen LogP contribution < -0.4 is 24.6 Å². The van der Waals surface area contributed by atoms with Gasteiger partial charge in [0.15, 0.2) is 5.11 Å². The molecule has 3 aromatic carbocycles. The van der Waals surface area contributed by atoms with Gasteiger partial charge in [-0.1, -0.05) is 35.9 Å². The quantitative estimate of drug-likeness (QED) is 0.280. The molecule has 2 heterocycles. The Balaban J connectivity index is 1.44. The molecule has 1 saturated heterocycles. The molecule has 188 valence electrons. The molecule has 2 amide bonds. The number of fused-ring (bicyclic) bond motifs is 1. The molecule has 2 aliphatic heterocycles. The average Bonchev–Trinajstić information content (AvgIpc) is 3.29. The fourth-order valence-corrected chi connectivity index (χ4v) is 5.06. The molecule has 0 saturated carbocycles. The Labute approximate surface area is 225 Å². The first-order valence-electron chi connectivity index (χ1n) is 11.6. The maximum absolute atomic E-state index is 13.5. The van der Waals surface area contributed by atoms with Crippen LogP contribution in [0.25, 0.3) is 6.08 Å². The van der Waals surface area contributed by atoms with Crippen molar-refractivity contribution in [1.29, 1.82) is 0 Å². The first kappa shape index (κ1) is 24.8. The number of hydrogen-bond acceptors (Lipinski definition) is 6. The van der Waals surface area contributed by atoms with E-state index in [2.05, 4.69) is 10.2 Å². The lowest BCUT2D eigenvalue weighted by Gasteiger charge is -2.30. The van der Waals surface area contributed by atoms with Crippen LogP contribution in [0.5, 0.6) is 11.5 Å². The Morgan fingerprint density at radius 1 is 1.03 bits per heavy atom. The molecule has 7 nitrogen and oxygen atoms in total. The second-order valence-electron chi connectivity index (χ2n) is 8.65. The summed E-state index contributed by atoms with van der Waals surface area (Å²) in [6.45, 7) is 1.57. The maximum Gasteiger partial charge on any atom is 0.270 e. The van der Waals surface area contributed by atoms with E-state index in [0.29, 0.717) is 23.7 Å². The zero-order chi connectivity index (χ0) is 26.1. The van der Waals surface area contributed by atoms with Crippen LogP contribution in [0.4, 0.5) is 11.4 Å². The van der Waals surface area contributed by atoms with E-state index in [9.17, 15) is 9.59 Å². The molecule has 3 aromatic rings. The van der Waals surface area contributed by atoms with Gasteiger partial charge in [-0.15, -0.1) is 0 Å². The molecule has 37 heavy (non-hydrogen) atoms. The summed E-state index contributed by atoms with van der Waals surface area (Å²) in [6, 6.07) is 18.8. The monoisotopic (exact) mass is 533 g/mol. The number of rotatable bonds is 6. The van der Waals surface area contributed by atoms with Gasteiger partial charge in [-0.3, -0.25) is 14.9 Å². The third-order valence-electron chi connectivity index (χ3n) is 6.45. The van der Waals surface area contributed by atoms with Crippen molar-refractivity contribution in [3.8, 4) is 11.5 Å². The van der Waals surface area contributed by atoms with E-state index >= 15 is 0 Å². The van der Waals surface area contributed by atoms with E-state index in [0.717, 1.165) is 40.4 Å². The Kier molecular flexibility index (Phi) is 6.86. The summed E-state index contributed by atoms with van der Waals surface area (Å²) in [5.74, 6) is -0.146. The third-order valence-corrected chi connectivity index (χ3v) is 7.11. The van der Waals surface area contributed by atoms with Gasteiger partial charge in [0.05, 0.1) is 19.9 Å². The van der Waals surface area contributed by atoms with Gasteiger partial charge in [0.25, 0.3) is 11.8 Å². The minimum atomic E-state index is -0.547. The molecule has 0 atom stereocenters. The second kappa shape index (κ2) is 10.2. The number of thiocarbonyl (C=S) groups is 1. The van der Waals surface area contributed by atoms with E-state index in [1.807, 2.05) is 42.5 Å². The first-order valence-corrected chi connectivity index (χ1v) is 12.4. The zero-order valence-corrected chi connectivity index (χ0v) is 21.9. The van der Waals surface area contributed by atoms with Gasteiger partial charge >= 0.3 is 0 Å². The van der Waals surface area contributed by atoms with E-state index in [1.165, 1.54) is 19.1 Å². The van der Waals surface area contributed by atoms with E-state index in [-0.39, 0.29) is 10.7 Å². The molecule has 1 fully saturated rings. The van der Waals surface area contributed by atoms with Gasteiger partial charge in [0.2, 0.25) is 0 Å². The molecular weight excluding hydrogens is 510 g/mol. The molecule has 2 aliphatic rings. The highest BCUT2D eigenvalue weighted by Gasteiger charge is 2.36. The number of halogens is 1. The maximum atomic E-state index is 13.5. The van der Waals surface area contributed by atoms with Gasteiger partial charge in [-0.25, -0.2) is 4.90 Å². The SMILES string of the molecule is COc1ccc(OC)c(N2C(=O)/C(=C/c3ccc4c(c3)CCN4Cc3ccccc3Cl)C(=O)NC2=S)c1. The standard InChI is InChI=1S/C28H24ClN3O4S/c1-35-20-8-10-25(36-2)24(15-20)32-27(34)21(26(33)30-28(32)37)14-17-7-9-23-18(13-17)11-12-31(23)16-19-5-3-4-6-22(19)29/h3-10,13-15H,11-12,16H2,1-2H3,(H,30,33,37)/b21-14+. The van der Waals surface area contributed by atoms with Crippen LogP contribution in [0.1, 0.15) is 16.7 Å². The predicted octanol–water partition coefficient (Wildman–Crippen LogP) is 4.75. The van der Waals surface area contributed by atoms with Crippen molar-refractivity contribution in [2.45, 2.75) is 13.0 Å². The number of nitrogens with one attached hydrogen (secondary N) is 1. The molecule has 0 bridgehead atoms. The van der Waals surface area contributed by atoms with Crippen LogP contribution in [-0.4, -0.2) is 37.7 Å². The van der Waals surface area contributed by atoms with Crippen LogP contribution in [0.2, 0.25) is 5.02 Å². The van der Waals surface area contributed by atoms with Crippen LogP contribution in [0.3, 0.4) is 0 Å². The Hall–Kier alpha value is -3.88. The number of amides is 2. The minimum Gasteiger partial charge on any atom is -0.497 e. The minimum absolute atomic E-state index is 0.0238. The van der Waals surface area contributed by atoms with Crippen molar-refractivity contribution in [1.82, 2.24) is 5.32 Å². The lowest BCUT2D eigenvalue weighted by atomic mass is 10.0. The molecule has 1 N–H and O–H groups in total. The summed E-state index contributed by atoms with van der Waals surface area (Å²) < 4.78 is 10.7. The topological polar surface area (TPSA) is 71.1 Å². The Bertz CT molecular complexity index is 1460. The highest BCUT2D eigenvalue weighted by molar-refractivity contribution is 7.80. The first-order chi connectivity index (χ1) is 17.9. The predicted molar refractivity (Wildman–Crippen MR) is 148 cm³/mol. The number of benzene rings is 3. The summed E-state index contributed by atoms with van der Waals surface area (Å²) in [6.07, 6.45) is 2.45. The average molecular weight is 534 g/mol. The largest absolute Gasteiger partial charge is 0.497 e. The Morgan fingerprint density at radius 3 is 2.59 bits per heavy atom. The van der Waals surface area contributed by atoms with Gasteiger partial charge in [-0.05, 0) is 71.7 Å². The molecule has 5 rings (SSSR count). The van der Waals surface area contributed by atoms with Gasteiger partial charge in [-0.2, -0.15) is 0 Å². The number of carbonyl (C=O) groups excluding carboxylic acids is 2. The highest BCUT2D eigenvalue weighted by atomic mass is 35.5. The van der Waals surface area contributed by atoms with Crippen LogP contribution in [0.15, 0.2) is 66.2 Å². The number of methoxy groups -OCH3 is 2. The fraction of sp³-hybridized carbons (Fsp3) is 0.179. The number of nitrogens with zero attached hydrogens (tertiary/aromatic N) is 2. The molecule has 0 spiro atoms. The molecule has 0 radical (unpaired) electrons. The van der Waals surface area contributed by atoms with Crippen LogP contribution in [0, 0.1) is 0 Å². The zero-order valence-electron chi connectivity index (χ0n) is 20.3. The normalized spacial score (nSPS) is 16.2. The summed E-state index contributed by atoms with van der Waals surface area (Å²) >= 11 is 11.7. The molecular formula is C28H24ClN3O4S. The van der Waals surface area contributed by atoms with Gasteiger partial charge in [0, 0.05) is 29.9 Å². The summed E-state index contributed by atoms with van der Waals surface area (Å²) in [5, 5.41) is 3.34. The lowest BCUT2D eigenvalue weighted by Crippen LogP contribution is -2.54. The molecule has 0 unspecified atom stereocenters. The number of ether oxygens (including phenoxy) is 2. The van der Waals surface area contributed by atoms with Gasteiger partial charge in [0.1, 0.15) is 17.1 Å². The lowest BCUT2D eigenvalue weighted by molar-refractivity contribution is -0.122. The molecule has 0 aliphatic carbocycles.